The summed E-state index contributed by atoms with van der Waals surface area (Å²) < 4.78 is 2.04. The van der Waals surface area contributed by atoms with Crippen LogP contribution in [0.5, 0.6) is 0 Å². The third kappa shape index (κ3) is 2.79. The first-order valence-corrected chi connectivity index (χ1v) is 6.77. The fourth-order valence-corrected chi connectivity index (χ4v) is 2.53. The van der Waals surface area contributed by atoms with E-state index >= 15 is 0 Å². The molecule has 3 rings (SSSR count). The standard InChI is InChI=1S/C15H16N4O2/c1-11-2-4-13(12(8-11)3-5-15(20)21)18-6-7-19-10-16-17-14(19)9-18/h2-5,8,10H,6-7,9H2,1H3,(H,20,21)/b5-3+. The second-order valence-electron chi connectivity index (χ2n) is 5.10. The summed E-state index contributed by atoms with van der Waals surface area (Å²) in [5.41, 5.74) is 3.03. The summed E-state index contributed by atoms with van der Waals surface area (Å²) in [7, 11) is 0. The molecule has 0 unspecified atom stereocenters. The van der Waals surface area contributed by atoms with Crippen LogP contribution in [0.1, 0.15) is 17.0 Å². The van der Waals surface area contributed by atoms with Crippen LogP contribution in [0, 0.1) is 6.92 Å². The van der Waals surface area contributed by atoms with Crippen molar-refractivity contribution in [3.05, 3.63) is 47.6 Å². The van der Waals surface area contributed by atoms with Gasteiger partial charge in [-0.25, -0.2) is 4.79 Å². The molecule has 0 saturated heterocycles. The quantitative estimate of drug-likeness (QED) is 0.869. The Morgan fingerprint density at radius 1 is 1.38 bits per heavy atom. The van der Waals surface area contributed by atoms with E-state index in [0.717, 1.165) is 35.7 Å². The number of carboxylic acids is 1. The van der Waals surface area contributed by atoms with Crippen molar-refractivity contribution in [2.75, 3.05) is 11.4 Å². The van der Waals surface area contributed by atoms with Gasteiger partial charge in [0.05, 0.1) is 6.54 Å². The molecule has 1 aliphatic heterocycles. The molecule has 1 N–H and O–H groups in total. The predicted octanol–water partition coefficient (Wildman–Crippen LogP) is 1.70. The molecule has 21 heavy (non-hydrogen) atoms. The van der Waals surface area contributed by atoms with E-state index in [1.54, 1.807) is 12.4 Å². The summed E-state index contributed by atoms with van der Waals surface area (Å²) in [5.74, 6) is -0.0177. The predicted molar refractivity (Wildman–Crippen MR) is 78.9 cm³/mol. The number of hydrogen-bond donors (Lipinski definition) is 1. The third-order valence-electron chi connectivity index (χ3n) is 3.57. The molecule has 0 aliphatic carbocycles. The lowest BCUT2D eigenvalue weighted by atomic mass is 10.1. The van der Waals surface area contributed by atoms with Gasteiger partial charge in [-0.15, -0.1) is 10.2 Å². The van der Waals surface area contributed by atoms with Gasteiger partial charge in [-0.2, -0.15) is 0 Å². The van der Waals surface area contributed by atoms with E-state index in [-0.39, 0.29) is 0 Å². The molecule has 2 heterocycles. The third-order valence-corrected chi connectivity index (χ3v) is 3.57. The number of aliphatic carboxylic acids is 1. The molecule has 0 spiro atoms. The highest BCUT2D eigenvalue weighted by Gasteiger charge is 2.19. The first kappa shape index (κ1) is 13.4. The number of aryl methyl sites for hydroxylation is 1. The second-order valence-corrected chi connectivity index (χ2v) is 5.10. The highest BCUT2D eigenvalue weighted by molar-refractivity contribution is 5.87. The fourth-order valence-electron chi connectivity index (χ4n) is 2.53. The van der Waals surface area contributed by atoms with E-state index in [1.165, 1.54) is 6.08 Å². The van der Waals surface area contributed by atoms with Crippen LogP contribution < -0.4 is 4.90 Å². The Labute approximate surface area is 122 Å². The maximum absolute atomic E-state index is 10.8. The van der Waals surface area contributed by atoms with Crippen LogP contribution >= 0.6 is 0 Å². The minimum atomic E-state index is -0.944. The minimum Gasteiger partial charge on any atom is -0.478 e. The Morgan fingerprint density at radius 2 is 2.24 bits per heavy atom. The largest absolute Gasteiger partial charge is 0.478 e. The normalized spacial score (nSPS) is 14.4. The fraction of sp³-hybridized carbons (Fsp3) is 0.267. The van der Waals surface area contributed by atoms with Crippen molar-refractivity contribution in [1.29, 1.82) is 0 Å². The molecule has 0 radical (unpaired) electrons. The molecule has 0 atom stereocenters. The zero-order valence-corrected chi connectivity index (χ0v) is 11.7. The van der Waals surface area contributed by atoms with Crippen molar-refractivity contribution in [2.45, 2.75) is 20.0 Å². The molecule has 2 aromatic rings. The average Bonchev–Trinajstić information content (AvgIpc) is 2.92. The van der Waals surface area contributed by atoms with Crippen LogP contribution in [0.15, 0.2) is 30.6 Å². The molecule has 0 fully saturated rings. The van der Waals surface area contributed by atoms with Crippen LogP contribution in [0.4, 0.5) is 5.69 Å². The highest BCUT2D eigenvalue weighted by Crippen LogP contribution is 2.26. The van der Waals surface area contributed by atoms with Crippen molar-refractivity contribution in [3.8, 4) is 0 Å². The number of anilines is 1. The molecular formula is C15H16N4O2. The molecule has 6 nitrogen and oxygen atoms in total. The topological polar surface area (TPSA) is 71.2 Å². The average molecular weight is 284 g/mol. The molecule has 0 bridgehead atoms. The van der Waals surface area contributed by atoms with Gasteiger partial charge in [0.25, 0.3) is 0 Å². The number of benzene rings is 1. The van der Waals surface area contributed by atoms with Gasteiger partial charge in [0, 0.05) is 24.9 Å². The van der Waals surface area contributed by atoms with Crippen molar-refractivity contribution >= 4 is 17.7 Å². The van der Waals surface area contributed by atoms with Gasteiger partial charge in [0.2, 0.25) is 0 Å². The van der Waals surface area contributed by atoms with Crippen LogP contribution in [-0.4, -0.2) is 32.4 Å². The molecule has 0 saturated carbocycles. The van der Waals surface area contributed by atoms with Gasteiger partial charge in [0.15, 0.2) is 5.82 Å². The monoisotopic (exact) mass is 284 g/mol. The van der Waals surface area contributed by atoms with E-state index in [9.17, 15) is 4.79 Å². The molecule has 1 aromatic carbocycles. The SMILES string of the molecule is Cc1ccc(N2CCn3cnnc3C2)c(/C=C/C(=O)O)c1. The lowest BCUT2D eigenvalue weighted by Gasteiger charge is -2.30. The number of carbonyl (C=O) groups is 1. The Kier molecular flexibility index (Phi) is 3.43. The van der Waals surface area contributed by atoms with E-state index in [2.05, 4.69) is 15.1 Å². The Balaban J connectivity index is 1.93. The maximum atomic E-state index is 10.8. The second kappa shape index (κ2) is 5.40. The van der Waals surface area contributed by atoms with Gasteiger partial charge in [-0.3, -0.25) is 0 Å². The maximum Gasteiger partial charge on any atom is 0.328 e. The van der Waals surface area contributed by atoms with Crippen molar-refractivity contribution in [3.63, 3.8) is 0 Å². The molecule has 1 aliphatic rings. The highest BCUT2D eigenvalue weighted by atomic mass is 16.4. The zero-order valence-electron chi connectivity index (χ0n) is 11.7. The van der Waals surface area contributed by atoms with Crippen molar-refractivity contribution < 1.29 is 9.90 Å². The summed E-state index contributed by atoms with van der Waals surface area (Å²) in [6, 6.07) is 6.06. The number of nitrogens with zero attached hydrogens (tertiary/aromatic N) is 4. The molecule has 6 heteroatoms. The van der Waals surface area contributed by atoms with E-state index in [1.807, 2.05) is 29.7 Å². The lowest BCUT2D eigenvalue weighted by Crippen LogP contribution is -2.34. The summed E-state index contributed by atoms with van der Waals surface area (Å²) in [6.07, 6.45) is 4.56. The first-order chi connectivity index (χ1) is 10.1. The molecular weight excluding hydrogens is 268 g/mol. The minimum absolute atomic E-state index is 0.678. The number of aromatic nitrogens is 3. The summed E-state index contributed by atoms with van der Waals surface area (Å²) in [6.45, 7) is 4.35. The summed E-state index contributed by atoms with van der Waals surface area (Å²) >= 11 is 0. The van der Waals surface area contributed by atoms with Crippen LogP contribution in [0.25, 0.3) is 6.08 Å². The number of carboxylic acid groups (broad SMARTS) is 1. The van der Waals surface area contributed by atoms with Gasteiger partial charge in [-0.1, -0.05) is 11.6 Å². The number of fused-ring (bicyclic) bond motifs is 1. The summed E-state index contributed by atoms with van der Waals surface area (Å²) in [4.78, 5) is 13.0. The van der Waals surface area contributed by atoms with Gasteiger partial charge >= 0.3 is 5.97 Å². The van der Waals surface area contributed by atoms with Gasteiger partial charge in [-0.05, 0) is 30.7 Å². The lowest BCUT2D eigenvalue weighted by molar-refractivity contribution is -0.131. The van der Waals surface area contributed by atoms with E-state index < -0.39 is 5.97 Å². The van der Waals surface area contributed by atoms with Crippen molar-refractivity contribution in [2.24, 2.45) is 0 Å². The van der Waals surface area contributed by atoms with E-state index in [4.69, 9.17) is 5.11 Å². The van der Waals surface area contributed by atoms with Gasteiger partial charge < -0.3 is 14.6 Å². The molecule has 0 amide bonds. The Morgan fingerprint density at radius 3 is 3.05 bits per heavy atom. The van der Waals surface area contributed by atoms with E-state index in [0.29, 0.717) is 6.54 Å². The van der Waals surface area contributed by atoms with Crippen molar-refractivity contribution in [1.82, 2.24) is 14.8 Å². The Bertz CT molecular complexity index is 705. The molecule has 1 aromatic heterocycles. The zero-order chi connectivity index (χ0) is 14.8. The Hall–Kier alpha value is -2.63. The van der Waals surface area contributed by atoms with Crippen LogP contribution in [0.3, 0.4) is 0 Å². The first-order valence-electron chi connectivity index (χ1n) is 6.77. The smallest absolute Gasteiger partial charge is 0.328 e. The van der Waals surface area contributed by atoms with Crippen LogP contribution in [-0.2, 0) is 17.9 Å². The van der Waals surface area contributed by atoms with Crippen LogP contribution in [0.2, 0.25) is 0 Å². The summed E-state index contributed by atoms with van der Waals surface area (Å²) in [5, 5.41) is 16.9. The molecule has 108 valence electrons. The number of rotatable bonds is 3. The van der Waals surface area contributed by atoms with Gasteiger partial charge in [0.1, 0.15) is 6.33 Å². The number of hydrogen-bond acceptors (Lipinski definition) is 4.